The van der Waals surface area contributed by atoms with Gasteiger partial charge in [0.25, 0.3) is 0 Å². The summed E-state index contributed by atoms with van der Waals surface area (Å²) in [6, 6.07) is 20.0. The van der Waals surface area contributed by atoms with Crippen LogP contribution in [-0.2, 0) is 6.54 Å². The van der Waals surface area contributed by atoms with E-state index in [-0.39, 0.29) is 22.5 Å². The van der Waals surface area contributed by atoms with Crippen LogP contribution in [0.15, 0.2) is 79.4 Å². The van der Waals surface area contributed by atoms with Crippen LogP contribution in [0.4, 0.5) is 5.69 Å². The minimum absolute atomic E-state index is 0.146. The van der Waals surface area contributed by atoms with E-state index in [1.807, 2.05) is 24.3 Å². The van der Waals surface area contributed by atoms with Crippen LogP contribution in [0.3, 0.4) is 0 Å². The van der Waals surface area contributed by atoms with E-state index in [1.54, 1.807) is 29.2 Å². The number of nitro groups is 1. The lowest BCUT2D eigenvalue weighted by Crippen LogP contribution is -2.18. The fourth-order valence-corrected chi connectivity index (χ4v) is 3.33. The van der Waals surface area contributed by atoms with E-state index in [2.05, 4.69) is 34.5 Å². The second kappa shape index (κ2) is 9.59. The molecule has 1 unspecified atom stereocenters. The van der Waals surface area contributed by atoms with Gasteiger partial charge < -0.3 is 10.1 Å². The first-order valence-corrected chi connectivity index (χ1v) is 10.3. The maximum atomic E-state index is 11.2. The van der Waals surface area contributed by atoms with Crippen LogP contribution < -0.4 is 10.1 Å². The number of aromatic nitrogens is 3. The molecule has 1 aromatic heterocycles. The molecule has 0 aliphatic heterocycles. The zero-order chi connectivity index (χ0) is 22.5. The molecule has 0 spiro atoms. The van der Waals surface area contributed by atoms with Gasteiger partial charge in [0.05, 0.1) is 10.6 Å². The summed E-state index contributed by atoms with van der Waals surface area (Å²) in [6.07, 6.45) is 3.17. The van der Waals surface area contributed by atoms with E-state index in [1.165, 1.54) is 18.5 Å². The third kappa shape index (κ3) is 5.11. The molecule has 4 aromatic rings. The lowest BCUT2D eigenvalue weighted by atomic mass is 10.1. The van der Waals surface area contributed by atoms with Crippen LogP contribution in [0.1, 0.15) is 24.1 Å². The molecule has 0 aliphatic carbocycles. The Hall–Kier alpha value is -3.75. The fraction of sp³-hybridized carbons (Fsp3) is 0.130. The molecule has 0 saturated heterocycles. The van der Waals surface area contributed by atoms with E-state index in [0.29, 0.717) is 12.3 Å². The Bertz CT molecular complexity index is 1200. The number of hydrogen-bond donors (Lipinski definition) is 1. The predicted octanol–water partition coefficient (Wildman–Crippen LogP) is 5.47. The zero-order valence-corrected chi connectivity index (χ0v) is 17.9. The molecule has 0 amide bonds. The van der Waals surface area contributed by atoms with Crippen molar-refractivity contribution < 1.29 is 9.66 Å². The van der Waals surface area contributed by atoms with Crippen molar-refractivity contribution in [2.75, 3.05) is 0 Å². The Balaban J connectivity index is 1.35. The maximum Gasteiger partial charge on any atom is 0.313 e. The molecule has 0 fully saturated rings. The van der Waals surface area contributed by atoms with Gasteiger partial charge in [-0.3, -0.25) is 10.1 Å². The number of ether oxygens (including phenoxy) is 1. The molecule has 4 rings (SSSR count). The molecular formula is C23H20ClN5O3. The monoisotopic (exact) mass is 449 g/mol. The van der Waals surface area contributed by atoms with Gasteiger partial charge in [0, 0.05) is 23.7 Å². The quantitative estimate of drug-likeness (QED) is 0.283. The molecule has 0 aliphatic rings. The van der Waals surface area contributed by atoms with Gasteiger partial charge in [0.1, 0.15) is 18.4 Å². The SMILES string of the molecule is CC(NCc1ccc(Oc2ccc(Cl)cc2[N+](=O)[O-])cc1)c1ccc(-n2cncn2)cc1. The summed E-state index contributed by atoms with van der Waals surface area (Å²) in [4.78, 5) is 14.7. The number of rotatable bonds is 8. The number of benzene rings is 3. The van der Waals surface area contributed by atoms with Crippen LogP contribution in [-0.4, -0.2) is 19.7 Å². The van der Waals surface area contributed by atoms with Crippen LogP contribution in [0.2, 0.25) is 5.02 Å². The Morgan fingerprint density at radius 2 is 1.88 bits per heavy atom. The first-order chi connectivity index (χ1) is 15.5. The highest BCUT2D eigenvalue weighted by Gasteiger charge is 2.16. The summed E-state index contributed by atoms with van der Waals surface area (Å²) in [5, 5.41) is 19.1. The van der Waals surface area contributed by atoms with Gasteiger partial charge in [-0.15, -0.1) is 0 Å². The Kier molecular flexibility index (Phi) is 6.44. The molecule has 9 heteroatoms. The second-order valence-corrected chi connectivity index (χ2v) is 7.59. The lowest BCUT2D eigenvalue weighted by molar-refractivity contribution is -0.385. The summed E-state index contributed by atoms with van der Waals surface area (Å²) in [6.45, 7) is 2.76. The van der Waals surface area contributed by atoms with E-state index in [9.17, 15) is 10.1 Å². The summed E-state index contributed by atoms with van der Waals surface area (Å²) in [5.41, 5.74) is 3.00. The van der Waals surface area contributed by atoms with Crippen molar-refractivity contribution in [2.45, 2.75) is 19.5 Å². The van der Waals surface area contributed by atoms with Crippen molar-refractivity contribution >= 4 is 17.3 Å². The number of nitrogens with zero attached hydrogens (tertiary/aromatic N) is 4. The summed E-state index contributed by atoms with van der Waals surface area (Å²) in [7, 11) is 0. The van der Waals surface area contributed by atoms with Crippen LogP contribution in [0, 0.1) is 10.1 Å². The van der Waals surface area contributed by atoms with Gasteiger partial charge in [0.15, 0.2) is 0 Å². The molecule has 8 nitrogen and oxygen atoms in total. The lowest BCUT2D eigenvalue weighted by Gasteiger charge is -2.15. The Morgan fingerprint density at radius 3 is 2.53 bits per heavy atom. The number of nitro benzene ring substituents is 1. The van der Waals surface area contributed by atoms with Crippen molar-refractivity contribution in [3.05, 3.63) is 106 Å². The number of hydrogen-bond acceptors (Lipinski definition) is 6. The van der Waals surface area contributed by atoms with Crippen molar-refractivity contribution in [2.24, 2.45) is 0 Å². The number of halogens is 1. The molecular weight excluding hydrogens is 430 g/mol. The highest BCUT2D eigenvalue weighted by atomic mass is 35.5. The van der Waals surface area contributed by atoms with E-state index >= 15 is 0 Å². The molecule has 0 radical (unpaired) electrons. The van der Waals surface area contributed by atoms with Gasteiger partial charge >= 0.3 is 5.69 Å². The maximum absolute atomic E-state index is 11.2. The zero-order valence-electron chi connectivity index (χ0n) is 17.2. The van der Waals surface area contributed by atoms with E-state index in [0.717, 1.165) is 16.8 Å². The van der Waals surface area contributed by atoms with Gasteiger partial charge in [0.2, 0.25) is 5.75 Å². The normalized spacial score (nSPS) is 11.8. The summed E-state index contributed by atoms with van der Waals surface area (Å²) >= 11 is 5.85. The molecule has 1 atom stereocenters. The first kappa shape index (κ1) is 21.5. The topological polar surface area (TPSA) is 95.1 Å². The molecule has 3 aromatic carbocycles. The van der Waals surface area contributed by atoms with Crippen LogP contribution in [0.5, 0.6) is 11.5 Å². The van der Waals surface area contributed by atoms with Crippen LogP contribution in [0.25, 0.3) is 5.69 Å². The summed E-state index contributed by atoms with van der Waals surface area (Å²) in [5.74, 6) is 0.657. The molecule has 0 bridgehead atoms. The molecule has 162 valence electrons. The van der Waals surface area contributed by atoms with Crippen molar-refractivity contribution in [1.82, 2.24) is 20.1 Å². The minimum atomic E-state index is -0.515. The molecule has 0 saturated carbocycles. The minimum Gasteiger partial charge on any atom is -0.450 e. The van der Waals surface area contributed by atoms with Crippen molar-refractivity contribution in [1.29, 1.82) is 0 Å². The van der Waals surface area contributed by atoms with E-state index < -0.39 is 4.92 Å². The smallest absolute Gasteiger partial charge is 0.313 e. The second-order valence-electron chi connectivity index (χ2n) is 7.15. The average Bonchev–Trinajstić information content (AvgIpc) is 3.34. The summed E-state index contributed by atoms with van der Waals surface area (Å²) < 4.78 is 7.40. The number of nitrogens with one attached hydrogen (secondary N) is 1. The van der Waals surface area contributed by atoms with Gasteiger partial charge in [-0.2, -0.15) is 5.10 Å². The standard InChI is InChI=1S/C23H20ClN5O3/c1-16(18-4-7-20(8-5-18)28-15-25-14-27-28)26-13-17-2-9-21(10-3-17)32-23-11-6-19(24)12-22(23)29(30)31/h2-12,14-16,26H,13H2,1H3. The largest absolute Gasteiger partial charge is 0.450 e. The highest BCUT2D eigenvalue weighted by Crippen LogP contribution is 2.33. The first-order valence-electron chi connectivity index (χ1n) is 9.88. The predicted molar refractivity (Wildman–Crippen MR) is 121 cm³/mol. The van der Waals surface area contributed by atoms with Crippen LogP contribution >= 0.6 is 11.6 Å². The van der Waals surface area contributed by atoms with Crippen molar-refractivity contribution in [3.8, 4) is 17.2 Å². The third-order valence-electron chi connectivity index (χ3n) is 4.96. The highest BCUT2D eigenvalue weighted by molar-refractivity contribution is 6.30. The van der Waals surface area contributed by atoms with Gasteiger partial charge in [-0.05, 0) is 54.4 Å². The average molecular weight is 450 g/mol. The Morgan fingerprint density at radius 1 is 1.12 bits per heavy atom. The van der Waals surface area contributed by atoms with Gasteiger partial charge in [-0.25, -0.2) is 9.67 Å². The fourth-order valence-electron chi connectivity index (χ4n) is 3.17. The Labute approximate surface area is 189 Å². The molecule has 32 heavy (non-hydrogen) atoms. The van der Waals surface area contributed by atoms with Crippen molar-refractivity contribution in [3.63, 3.8) is 0 Å². The molecule has 1 N–H and O–H groups in total. The van der Waals surface area contributed by atoms with E-state index in [4.69, 9.17) is 16.3 Å². The molecule has 1 heterocycles. The third-order valence-corrected chi connectivity index (χ3v) is 5.19. The van der Waals surface area contributed by atoms with Gasteiger partial charge in [-0.1, -0.05) is 35.9 Å².